The first-order valence-electron chi connectivity index (χ1n) is 6.24. The van der Waals surface area contributed by atoms with E-state index >= 15 is 0 Å². The monoisotopic (exact) mass is 249 g/mol. The Kier molecular flexibility index (Phi) is 3.02. The number of nitrogen functional groups attached to an aromatic ring is 1. The fourth-order valence-corrected chi connectivity index (χ4v) is 2.08. The zero-order valence-electron chi connectivity index (χ0n) is 10.5. The van der Waals surface area contributed by atoms with Gasteiger partial charge in [0.15, 0.2) is 0 Å². The van der Waals surface area contributed by atoms with Crippen LogP contribution in [0.5, 0.6) is 0 Å². The van der Waals surface area contributed by atoms with Gasteiger partial charge in [-0.15, -0.1) is 0 Å². The van der Waals surface area contributed by atoms with E-state index in [1.54, 1.807) is 16.9 Å². The SMILES string of the molecule is Nc1ccnn1Cc1ccc(-c2ccccc2)cc1. The summed E-state index contributed by atoms with van der Waals surface area (Å²) in [7, 11) is 0. The molecule has 0 atom stereocenters. The molecule has 0 amide bonds. The summed E-state index contributed by atoms with van der Waals surface area (Å²) in [6.07, 6.45) is 1.72. The third-order valence-corrected chi connectivity index (χ3v) is 3.14. The lowest BCUT2D eigenvalue weighted by Crippen LogP contribution is -2.05. The Balaban J connectivity index is 1.82. The first kappa shape index (κ1) is 11.5. The van der Waals surface area contributed by atoms with Crippen molar-refractivity contribution in [3.05, 3.63) is 72.4 Å². The first-order chi connectivity index (χ1) is 9.33. The lowest BCUT2D eigenvalue weighted by Gasteiger charge is -2.06. The van der Waals surface area contributed by atoms with Crippen molar-refractivity contribution < 1.29 is 0 Å². The van der Waals surface area contributed by atoms with Gasteiger partial charge < -0.3 is 5.73 Å². The van der Waals surface area contributed by atoms with Gasteiger partial charge in [0.25, 0.3) is 0 Å². The Morgan fingerprint density at radius 1 is 0.842 bits per heavy atom. The molecule has 2 aromatic carbocycles. The standard InChI is InChI=1S/C16H15N3/c17-16-10-11-18-19(16)12-13-6-8-15(9-7-13)14-4-2-1-3-5-14/h1-11H,12,17H2. The highest BCUT2D eigenvalue weighted by molar-refractivity contribution is 5.63. The van der Waals surface area contributed by atoms with Crippen molar-refractivity contribution >= 4 is 5.82 Å². The van der Waals surface area contributed by atoms with E-state index in [1.165, 1.54) is 16.7 Å². The van der Waals surface area contributed by atoms with Gasteiger partial charge in [-0.3, -0.25) is 0 Å². The normalized spacial score (nSPS) is 10.5. The molecule has 94 valence electrons. The molecule has 0 saturated carbocycles. The molecule has 3 aromatic rings. The van der Waals surface area contributed by atoms with Gasteiger partial charge in [-0.1, -0.05) is 54.6 Å². The zero-order valence-corrected chi connectivity index (χ0v) is 10.5. The minimum absolute atomic E-state index is 0.687. The summed E-state index contributed by atoms with van der Waals surface area (Å²) in [5.74, 6) is 0.687. The average molecular weight is 249 g/mol. The topological polar surface area (TPSA) is 43.8 Å². The van der Waals surface area contributed by atoms with Crippen molar-refractivity contribution in [3.63, 3.8) is 0 Å². The van der Waals surface area contributed by atoms with Gasteiger partial charge in [-0.05, 0) is 22.8 Å². The van der Waals surface area contributed by atoms with Crippen molar-refractivity contribution in [2.45, 2.75) is 6.54 Å². The number of nitrogens with zero attached hydrogens (tertiary/aromatic N) is 2. The molecule has 0 spiro atoms. The predicted octanol–water partition coefficient (Wildman–Crippen LogP) is 3.18. The van der Waals surface area contributed by atoms with Crippen LogP contribution in [0.4, 0.5) is 5.82 Å². The van der Waals surface area contributed by atoms with Gasteiger partial charge in [0.2, 0.25) is 0 Å². The van der Waals surface area contributed by atoms with E-state index in [0.717, 1.165) is 0 Å². The smallest absolute Gasteiger partial charge is 0.122 e. The second kappa shape index (κ2) is 4.98. The van der Waals surface area contributed by atoms with Gasteiger partial charge in [-0.2, -0.15) is 5.10 Å². The molecule has 2 N–H and O–H groups in total. The number of rotatable bonds is 3. The molecule has 1 aromatic heterocycles. The molecule has 0 aliphatic heterocycles. The maximum Gasteiger partial charge on any atom is 0.122 e. The molecule has 0 aliphatic carbocycles. The van der Waals surface area contributed by atoms with E-state index in [1.807, 2.05) is 18.2 Å². The van der Waals surface area contributed by atoms with Crippen molar-refractivity contribution in [2.75, 3.05) is 5.73 Å². The number of aromatic nitrogens is 2. The minimum atomic E-state index is 0.687. The first-order valence-corrected chi connectivity index (χ1v) is 6.24. The molecule has 1 heterocycles. The number of anilines is 1. The highest BCUT2D eigenvalue weighted by Gasteiger charge is 2.01. The Morgan fingerprint density at radius 3 is 2.16 bits per heavy atom. The molecule has 19 heavy (non-hydrogen) atoms. The predicted molar refractivity (Wildman–Crippen MR) is 77.6 cm³/mol. The third-order valence-electron chi connectivity index (χ3n) is 3.14. The van der Waals surface area contributed by atoms with Crippen LogP contribution in [0.2, 0.25) is 0 Å². The Labute approximate surface area is 112 Å². The Morgan fingerprint density at radius 2 is 1.53 bits per heavy atom. The number of hydrogen-bond donors (Lipinski definition) is 1. The van der Waals surface area contributed by atoms with Crippen LogP contribution in [-0.4, -0.2) is 9.78 Å². The minimum Gasteiger partial charge on any atom is -0.384 e. The maximum absolute atomic E-state index is 5.81. The summed E-state index contributed by atoms with van der Waals surface area (Å²) in [6, 6.07) is 20.6. The molecular formula is C16H15N3. The van der Waals surface area contributed by atoms with Crippen LogP contribution in [-0.2, 0) is 6.54 Å². The largest absolute Gasteiger partial charge is 0.384 e. The number of hydrogen-bond acceptors (Lipinski definition) is 2. The summed E-state index contributed by atoms with van der Waals surface area (Å²) in [6.45, 7) is 0.702. The van der Waals surface area contributed by atoms with Gasteiger partial charge >= 0.3 is 0 Å². The fourth-order valence-electron chi connectivity index (χ4n) is 2.08. The molecule has 3 nitrogen and oxygen atoms in total. The molecule has 3 rings (SSSR count). The van der Waals surface area contributed by atoms with Crippen LogP contribution in [0.1, 0.15) is 5.56 Å². The van der Waals surface area contributed by atoms with Crippen LogP contribution in [0.3, 0.4) is 0 Å². The Bertz CT molecular complexity index is 654. The van der Waals surface area contributed by atoms with Crippen LogP contribution in [0, 0.1) is 0 Å². The molecule has 0 unspecified atom stereocenters. The summed E-state index contributed by atoms with van der Waals surface area (Å²) < 4.78 is 1.79. The molecule has 0 fully saturated rings. The van der Waals surface area contributed by atoms with Crippen molar-refractivity contribution in [1.29, 1.82) is 0 Å². The molecule has 0 saturated heterocycles. The summed E-state index contributed by atoms with van der Waals surface area (Å²) in [5, 5.41) is 4.18. The van der Waals surface area contributed by atoms with E-state index in [4.69, 9.17) is 5.73 Å². The number of nitrogens with two attached hydrogens (primary N) is 1. The average Bonchev–Trinajstić information content (AvgIpc) is 2.86. The second-order valence-corrected chi connectivity index (χ2v) is 4.48. The van der Waals surface area contributed by atoms with Crippen LogP contribution < -0.4 is 5.73 Å². The summed E-state index contributed by atoms with van der Waals surface area (Å²) >= 11 is 0. The lowest BCUT2D eigenvalue weighted by molar-refractivity contribution is 0.697. The quantitative estimate of drug-likeness (QED) is 0.774. The number of benzene rings is 2. The third kappa shape index (κ3) is 2.50. The molecule has 0 bridgehead atoms. The van der Waals surface area contributed by atoms with Crippen molar-refractivity contribution in [1.82, 2.24) is 9.78 Å². The van der Waals surface area contributed by atoms with Gasteiger partial charge in [0.05, 0.1) is 12.7 Å². The highest BCUT2D eigenvalue weighted by atomic mass is 15.3. The van der Waals surface area contributed by atoms with Crippen molar-refractivity contribution in [2.24, 2.45) is 0 Å². The molecule has 0 aliphatic rings. The molecule has 0 radical (unpaired) electrons. The second-order valence-electron chi connectivity index (χ2n) is 4.48. The van der Waals surface area contributed by atoms with Crippen LogP contribution in [0.25, 0.3) is 11.1 Å². The highest BCUT2D eigenvalue weighted by Crippen LogP contribution is 2.19. The zero-order chi connectivity index (χ0) is 13.1. The molecular weight excluding hydrogens is 234 g/mol. The van der Waals surface area contributed by atoms with E-state index in [-0.39, 0.29) is 0 Å². The lowest BCUT2D eigenvalue weighted by atomic mass is 10.0. The summed E-state index contributed by atoms with van der Waals surface area (Å²) in [4.78, 5) is 0. The fraction of sp³-hybridized carbons (Fsp3) is 0.0625. The van der Waals surface area contributed by atoms with Crippen molar-refractivity contribution in [3.8, 4) is 11.1 Å². The van der Waals surface area contributed by atoms with Crippen LogP contribution >= 0.6 is 0 Å². The molecule has 3 heteroatoms. The Hall–Kier alpha value is -2.55. The van der Waals surface area contributed by atoms with E-state index in [9.17, 15) is 0 Å². The van der Waals surface area contributed by atoms with E-state index in [2.05, 4.69) is 41.5 Å². The van der Waals surface area contributed by atoms with Crippen LogP contribution in [0.15, 0.2) is 66.9 Å². The van der Waals surface area contributed by atoms with Gasteiger partial charge in [0.1, 0.15) is 5.82 Å². The van der Waals surface area contributed by atoms with E-state index in [0.29, 0.717) is 12.4 Å². The van der Waals surface area contributed by atoms with Gasteiger partial charge in [0, 0.05) is 0 Å². The van der Waals surface area contributed by atoms with Gasteiger partial charge in [-0.25, -0.2) is 4.68 Å². The van der Waals surface area contributed by atoms with E-state index < -0.39 is 0 Å². The maximum atomic E-state index is 5.81. The summed E-state index contributed by atoms with van der Waals surface area (Å²) in [5.41, 5.74) is 9.45.